The Kier molecular flexibility index (Phi) is 6.09. The van der Waals surface area contributed by atoms with Crippen molar-refractivity contribution < 1.29 is 13.9 Å². The molecule has 1 amide bonds. The van der Waals surface area contributed by atoms with Crippen LogP contribution in [-0.2, 0) is 11.2 Å². The van der Waals surface area contributed by atoms with Crippen molar-refractivity contribution >= 4 is 5.91 Å². The summed E-state index contributed by atoms with van der Waals surface area (Å²) < 4.78 is 20.5. The largest absolute Gasteiger partial charge is 0.377 e. The van der Waals surface area contributed by atoms with E-state index in [9.17, 15) is 9.18 Å². The van der Waals surface area contributed by atoms with Gasteiger partial charge >= 0.3 is 0 Å². The van der Waals surface area contributed by atoms with E-state index in [4.69, 9.17) is 4.74 Å². The SMILES string of the molecule is Cc1cccc(C(=O)N2CCOCC2Cc2cc(-c3ncccn3)ccc2F)c1-n1nccn1. The van der Waals surface area contributed by atoms with Gasteiger partial charge in [0.2, 0.25) is 0 Å². The summed E-state index contributed by atoms with van der Waals surface area (Å²) >= 11 is 0. The lowest BCUT2D eigenvalue weighted by Crippen LogP contribution is -2.50. The third-order valence-electron chi connectivity index (χ3n) is 5.90. The van der Waals surface area contributed by atoms with E-state index in [0.29, 0.717) is 48.8 Å². The standard InChI is InChI=1S/C25H23FN6O2/c1-17-4-2-5-21(23(17)32-29-10-11-30-32)25(33)31-12-13-34-16-20(31)15-19-14-18(6-7-22(19)26)24-27-8-3-9-28-24/h2-11,14,20H,12-13,15-16H2,1H3. The molecule has 0 N–H and O–H groups in total. The molecule has 172 valence electrons. The second-order valence-electron chi connectivity index (χ2n) is 8.10. The van der Waals surface area contributed by atoms with Crippen LogP contribution in [-0.4, -0.2) is 61.6 Å². The van der Waals surface area contributed by atoms with Crippen LogP contribution < -0.4 is 0 Å². The molecule has 1 atom stereocenters. The predicted molar refractivity (Wildman–Crippen MR) is 123 cm³/mol. The van der Waals surface area contributed by atoms with Gasteiger partial charge in [-0.1, -0.05) is 12.1 Å². The number of aryl methyl sites for hydroxylation is 1. The Hall–Kier alpha value is -3.98. The number of carbonyl (C=O) groups is 1. The lowest BCUT2D eigenvalue weighted by molar-refractivity contribution is -0.00185. The fraction of sp³-hybridized carbons (Fsp3) is 0.240. The number of halogens is 1. The van der Waals surface area contributed by atoms with Crippen molar-refractivity contribution in [3.8, 4) is 17.1 Å². The summed E-state index contributed by atoms with van der Waals surface area (Å²) in [7, 11) is 0. The monoisotopic (exact) mass is 458 g/mol. The number of hydrogen-bond donors (Lipinski definition) is 0. The lowest BCUT2D eigenvalue weighted by Gasteiger charge is -2.36. The van der Waals surface area contributed by atoms with Crippen LogP contribution in [0.5, 0.6) is 0 Å². The summed E-state index contributed by atoms with van der Waals surface area (Å²) in [5.74, 6) is 0.0228. The predicted octanol–water partition coefficient (Wildman–Crippen LogP) is 3.26. The van der Waals surface area contributed by atoms with Crippen molar-refractivity contribution in [1.29, 1.82) is 0 Å². The Morgan fingerprint density at radius 1 is 1.09 bits per heavy atom. The van der Waals surface area contributed by atoms with E-state index in [2.05, 4.69) is 20.2 Å². The molecule has 0 spiro atoms. The molecule has 5 rings (SSSR count). The molecule has 2 aromatic heterocycles. The number of amides is 1. The van der Waals surface area contributed by atoms with Crippen molar-refractivity contribution in [3.63, 3.8) is 0 Å². The van der Waals surface area contributed by atoms with E-state index in [1.54, 1.807) is 54.0 Å². The maximum atomic E-state index is 14.8. The third kappa shape index (κ3) is 4.29. The molecule has 0 radical (unpaired) electrons. The Morgan fingerprint density at radius 3 is 2.68 bits per heavy atom. The molecular weight excluding hydrogens is 435 g/mol. The first-order valence-corrected chi connectivity index (χ1v) is 11.0. The van der Waals surface area contributed by atoms with Gasteiger partial charge in [-0.2, -0.15) is 15.0 Å². The summed E-state index contributed by atoms with van der Waals surface area (Å²) in [6.07, 6.45) is 6.75. The first kappa shape index (κ1) is 21.8. The Bertz CT molecular complexity index is 1300. The van der Waals surface area contributed by atoms with Crippen LogP contribution in [0, 0.1) is 12.7 Å². The van der Waals surface area contributed by atoms with Crippen LogP contribution in [0.25, 0.3) is 17.1 Å². The molecule has 0 bridgehead atoms. The zero-order chi connectivity index (χ0) is 23.5. The summed E-state index contributed by atoms with van der Waals surface area (Å²) in [4.78, 5) is 25.5. The fourth-order valence-electron chi connectivity index (χ4n) is 4.25. The zero-order valence-electron chi connectivity index (χ0n) is 18.6. The quantitative estimate of drug-likeness (QED) is 0.456. The van der Waals surface area contributed by atoms with Crippen LogP contribution >= 0.6 is 0 Å². The molecule has 1 fully saturated rings. The van der Waals surface area contributed by atoms with Gasteiger partial charge in [0.15, 0.2) is 5.82 Å². The van der Waals surface area contributed by atoms with E-state index in [1.165, 1.54) is 10.9 Å². The summed E-state index contributed by atoms with van der Waals surface area (Å²) in [5, 5.41) is 8.44. The van der Waals surface area contributed by atoms with Gasteiger partial charge in [-0.05, 0) is 54.8 Å². The van der Waals surface area contributed by atoms with E-state index in [1.807, 2.05) is 19.1 Å². The van der Waals surface area contributed by atoms with Gasteiger partial charge in [0.1, 0.15) is 11.5 Å². The van der Waals surface area contributed by atoms with E-state index in [-0.39, 0.29) is 17.8 Å². The second-order valence-corrected chi connectivity index (χ2v) is 8.10. The number of aromatic nitrogens is 5. The lowest BCUT2D eigenvalue weighted by atomic mass is 9.99. The second kappa shape index (κ2) is 9.48. The average Bonchev–Trinajstić information content (AvgIpc) is 3.40. The summed E-state index contributed by atoms with van der Waals surface area (Å²) in [5.41, 5.74) is 3.22. The van der Waals surface area contributed by atoms with Crippen LogP contribution in [0.4, 0.5) is 4.39 Å². The van der Waals surface area contributed by atoms with Crippen LogP contribution in [0.1, 0.15) is 21.5 Å². The molecule has 8 nitrogen and oxygen atoms in total. The maximum absolute atomic E-state index is 14.8. The van der Waals surface area contributed by atoms with Crippen LogP contribution in [0.15, 0.2) is 67.3 Å². The minimum Gasteiger partial charge on any atom is -0.377 e. The number of hydrogen-bond acceptors (Lipinski definition) is 6. The number of morpholine rings is 1. The molecule has 1 aliphatic heterocycles. The molecule has 1 unspecified atom stereocenters. The van der Waals surface area contributed by atoms with Gasteiger partial charge in [0.25, 0.3) is 5.91 Å². The molecular formula is C25H23FN6O2. The Balaban J connectivity index is 1.46. The molecule has 3 heterocycles. The van der Waals surface area contributed by atoms with Crippen molar-refractivity contribution in [1.82, 2.24) is 29.9 Å². The minimum absolute atomic E-state index is 0.160. The smallest absolute Gasteiger partial charge is 0.256 e. The number of rotatable bonds is 5. The van der Waals surface area contributed by atoms with Gasteiger partial charge in [-0.15, -0.1) is 0 Å². The average molecular weight is 458 g/mol. The number of carbonyl (C=O) groups excluding carboxylic acids is 1. The molecule has 1 saturated heterocycles. The third-order valence-corrected chi connectivity index (χ3v) is 5.90. The molecule has 2 aromatic carbocycles. The Labute approximate surface area is 196 Å². The number of ether oxygens (including phenoxy) is 1. The molecule has 9 heteroatoms. The molecule has 4 aromatic rings. The maximum Gasteiger partial charge on any atom is 0.256 e. The zero-order valence-corrected chi connectivity index (χ0v) is 18.6. The van der Waals surface area contributed by atoms with E-state index < -0.39 is 0 Å². The van der Waals surface area contributed by atoms with Gasteiger partial charge in [-0.3, -0.25) is 4.79 Å². The number of benzene rings is 2. The van der Waals surface area contributed by atoms with Crippen LogP contribution in [0.3, 0.4) is 0 Å². The van der Waals surface area contributed by atoms with Crippen molar-refractivity contribution in [2.24, 2.45) is 0 Å². The molecule has 0 aliphatic carbocycles. The highest BCUT2D eigenvalue weighted by molar-refractivity contribution is 5.98. The van der Waals surface area contributed by atoms with Gasteiger partial charge < -0.3 is 9.64 Å². The number of para-hydroxylation sites is 1. The van der Waals surface area contributed by atoms with Gasteiger partial charge in [0.05, 0.1) is 37.2 Å². The Morgan fingerprint density at radius 2 is 1.88 bits per heavy atom. The van der Waals surface area contributed by atoms with Gasteiger partial charge in [0, 0.05) is 24.5 Å². The highest BCUT2D eigenvalue weighted by Gasteiger charge is 2.31. The van der Waals surface area contributed by atoms with E-state index in [0.717, 1.165) is 11.1 Å². The molecule has 34 heavy (non-hydrogen) atoms. The first-order valence-electron chi connectivity index (χ1n) is 11.0. The van der Waals surface area contributed by atoms with Crippen molar-refractivity contribution in [3.05, 3.63) is 89.8 Å². The molecule has 0 saturated carbocycles. The number of nitrogens with zero attached hydrogens (tertiary/aromatic N) is 6. The van der Waals surface area contributed by atoms with Crippen molar-refractivity contribution in [2.75, 3.05) is 19.8 Å². The van der Waals surface area contributed by atoms with E-state index >= 15 is 0 Å². The van der Waals surface area contributed by atoms with Gasteiger partial charge in [-0.25, -0.2) is 14.4 Å². The summed E-state index contributed by atoms with van der Waals surface area (Å²) in [6.45, 7) is 3.06. The van der Waals surface area contributed by atoms with Crippen molar-refractivity contribution in [2.45, 2.75) is 19.4 Å². The minimum atomic E-state index is -0.338. The molecule has 1 aliphatic rings. The highest BCUT2D eigenvalue weighted by Crippen LogP contribution is 2.25. The summed E-state index contributed by atoms with van der Waals surface area (Å²) in [6, 6.07) is 11.7. The fourth-order valence-corrected chi connectivity index (χ4v) is 4.25. The topological polar surface area (TPSA) is 86.0 Å². The highest BCUT2D eigenvalue weighted by atomic mass is 19.1. The van der Waals surface area contributed by atoms with Crippen LogP contribution in [0.2, 0.25) is 0 Å². The first-order chi connectivity index (χ1) is 16.6. The normalized spacial score (nSPS) is 15.9.